The Hall–Kier alpha value is -0.640. The van der Waals surface area contributed by atoms with Crippen LogP contribution >= 0.6 is 12.2 Å². The maximum atomic E-state index is 11.9. The van der Waals surface area contributed by atoms with Gasteiger partial charge >= 0.3 is 0 Å². The number of carbonyl (C=O) groups excluding carboxylic acids is 1. The molecule has 18 heavy (non-hydrogen) atoms. The molecule has 0 saturated heterocycles. The van der Waals surface area contributed by atoms with Crippen LogP contribution < -0.4 is 10.6 Å². The molecule has 1 rings (SSSR count). The van der Waals surface area contributed by atoms with E-state index in [1.165, 1.54) is 38.5 Å². The number of hydrogen-bond acceptors (Lipinski definition) is 2. The van der Waals surface area contributed by atoms with Crippen LogP contribution in [-0.4, -0.2) is 17.6 Å². The van der Waals surface area contributed by atoms with E-state index in [4.69, 9.17) is 12.2 Å². The Balaban J connectivity index is 2.09. The predicted molar refractivity (Wildman–Crippen MR) is 79.5 cm³/mol. The molecule has 0 bridgehead atoms. The molecule has 2 N–H and O–H groups in total. The zero-order chi connectivity index (χ0) is 13.2. The van der Waals surface area contributed by atoms with Gasteiger partial charge in [-0.05, 0) is 31.5 Å². The molecule has 3 nitrogen and oxygen atoms in total. The van der Waals surface area contributed by atoms with Crippen molar-refractivity contribution in [3.05, 3.63) is 0 Å². The number of hydrogen-bond donors (Lipinski definition) is 2. The molecular weight excluding hydrogens is 244 g/mol. The standard InChI is InChI=1S/C14H26N2OS/c1-2-3-4-8-11-15-14(18)16-13(17)12-9-6-5-7-10-12/h12H,2-11H2,1H3,(H2,15,16,17,18). The number of carbonyl (C=O) groups is 1. The van der Waals surface area contributed by atoms with Crippen molar-refractivity contribution in [3.8, 4) is 0 Å². The Kier molecular flexibility index (Phi) is 7.98. The van der Waals surface area contributed by atoms with Crippen molar-refractivity contribution in [3.63, 3.8) is 0 Å². The smallest absolute Gasteiger partial charge is 0.229 e. The summed E-state index contributed by atoms with van der Waals surface area (Å²) in [6.07, 6.45) is 10.5. The highest BCUT2D eigenvalue weighted by Crippen LogP contribution is 2.23. The topological polar surface area (TPSA) is 41.1 Å². The van der Waals surface area contributed by atoms with Crippen LogP contribution in [0.3, 0.4) is 0 Å². The normalized spacial score (nSPS) is 16.3. The molecule has 0 aliphatic heterocycles. The first-order chi connectivity index (χ1) is 8.74. The van der Waals surface area contributed by atoms with Gasteiger partial charge in [0.1, 0.15) is 0 Å². The molecule has 1 aliphatic rings. The minimum atomic E-state index is 0.112. The molecule has 0 radical (unpaired) electrons. The van der Waals surface area contributed by atoms with Gasteiger partial charge in [-0.2, -0.15) is 0 Å². The fourth-order valence-corrected chi connectivity index (χ4v) is 2.58. The van der Waals surface area contributed by atoms with Gasteiger partial charge < -0.3 is 10.6 Å². The average molecular weight is 270 g/mol. The van der Waals surface area contributed by atoms with Crippen molar-refractivity contribution in [1.82, 2.24) is 10.6 Å². The summed E-state index contributed by atoms with van der Waals surface area (Å²) < 4.78 is 0. The van der Waals surface area contributed by atoms with Crippen LogP contribution in [-0.2, 0) is 4.79 Å². The van der Waals surface area contributed by atoms with Gasteiger partial charge in [-0.15, -0.1) is 0 Å². The highest BCUT2D eigenvalue weighted by Gasteiger charge is 2.21. The second kappa shape index (κ2) is 9.31. The molecule has 0 unspecified atom stereocenters. The Morgan fingerprint density at radius 3 is 2.56 bits per heavy atom. The molecule has 0 heterocycles. The summed E-state index contributed by atoms with van der Waals surface area (Å²) in [7, 11) is 0. The first-order valence-electron chi connectivity index (χ1n) is 7.32. The zero-order valence-corrected chi connectivity index (χ0v) is 12.3. The third-order valence-electron chi connectivity index (χ3n) is 3.53. The first kappa shape index (κ1) is 15.4. The molecule has 1 fully saturated rings. The first-order valence-corrected chi connectivity index (χ1v) is 7.73. The van der Waals surface area contributed by atoms with Crippen LogP contribution in [0.15, 0.2) is 0 Å². The second-order valence-electron chi connectivity index (χ2n) is 5.14. The zero-order valence-electron chi connectivity index (χ0n) is 11.5. The fourth-order valence-electron chi connectivity index (χ4n) is 2.38. The maximum Gasteiger partial charge on any atom is 0.229 e. The Morgan fingerprint density at radius 1 is 1.17 bits per heavy atom. The van der Waals surface area contributed by atoms with Crippen LogP contribution in [0, 0.1) is 5.92 Å². The lowest BCUT2D eigenvalue weighted by Gasteiger charge is -2.21. The molecule has 104 valence electrons. The molecule has 0 aromatic heterocycles. The Morgan fingerprint density at radius 2 is 1.89 bits per heavy atom. The Bertz CT molecular complexity index is 263. The van der Waals surface area contributed by atoms with Gasteiger partial charge in [0.2, 0.25) is 5.91 Å². The van der Waals surface area contributed by atoms with E-state index in [2.05, 4.69) is 17.6 Å². The average Bonchev–Trinajstić information content (AvgIpc) is 2.39. The van der Waals surface area contributed by atoms with Crippen LogP contribution in [0.5, 0.6) is 0 Å². The van der Waals surface area contributed by atoms with Gasteiger partial charge in [0, 0.05) is 12.5 Å². The van der Waals surface area contributed by atoms with Gasteiger partial charge in [-0.25, -0.2) is 0 Å². The Labute approximate surface area is 116 Å². The van der Waals surface area contributed by atoms with Crippen molar-refractivity contribution in [2.75, 3.05) is 6.54 Å². The van der Waals surface area contributed by atoms with E-state index in [1.807, 2.05) is 0 Å². The van der Waals surface area contributed by atoms with E-state index in [-0.39, 0.29) is 11.8 Å². The summed E-state index contributed by atoms with van der Waals surface area (Å²) in [5.74, 6) is 0.291. The third kappa shape index (κ3) is 6.34. The highest BCUT2D eigenvalue weighted by molar-refractivity contribution is 7.80. The summed E-state index contributed by atoms with van der Waals surface area (Å²) in [4.78, 5) is 11.9. The van der Waals surface area contributed by atoms with Crippen molar-refractivity contribution >= 4 is 23.2 Å². The summed E-state index contributed by atoms with van der Waals surface area (Å²) in [5, 5.41) is 6.43. The minimum Gasteiger partial charge on any atom is -0.362 e. The predicted octanol–water partition coefficient (Wildman–Crippen LogP) is 3.14. The summed E-state index contributed by atoms with van der Waals surface area (Å²) >= 11 is 5.13. The summed E-state index contributed by atoms with van der Waals surface area (Å²) in [5.41, 5.74) is 0. The summed E-state index contributed by atoms with van der Waals surface area (Å²) in [6.45, 7) is 3.06. The van der Waals surface area contributed by atoms with Crippen LogP contribution in [0.4, 0.5) is 0 Å². The molecular formula is C14H26N2OS. The van der Waals surface area contributed by atoms with Crippen LogP contribution in [0.2, 0.25) is 0 Å². The van der Waals surface area contributed by atoms with E-state index in [0.717, 1.165) is 25.8 Å². The van der Waals surface area contributed by atoms with Gasteiger partial charge in [-0.1, -0.05) is 45.4 Å². The number of amides is 1. The van der Waals surface area contributed by atoms with Crippen molar-refractivity contribution in [1.29, 1.82) is 0 Å². The van der Waals surface area contributed by atoms with Gasteiger partial charge in [-0.3, -0.25) is 4.79 Å². The van der Waals surface area contributed by atoms with Crippen molar-refractivity contribution in [2.24, 2.45) is 5.92 Å². The number of rotatable bonds is 6. The molecule has 4 heteroatoms. The number of nitrogens with one attached hydrogen (secondary N) is 2. The molecule has 0 spiro atoms. The van der Waals surface area contributed by atoms with Gasteiger partial charge in [0.05, 0.1) is 0 Å². The molecule has 0 atom stereocenters. The third-order valence-corrected chi connectivity index (χ3v) is 3.77. The second-order valence-corrected chi connectivity index (χ2v) is 5.55. The van der Waals surface area contributed by atoms with Crippen molar-refractivity contribution < 1.29 is 4.79 Å². The molecule has 1 aliphatic carbocycles. The molecule has 0 aromatic carbocycles. The van der Waals surface area contributed by atoms with Crippen molar-refractivity contribution in [2.45, 2.75) is 64.7 Å². The summed E-state index contributed by atoms with van der Waals surface area (Å²) in [6, 6.07) is 0. The lowest BCUT2D eigenvalue weighted by atomic mass is 9.89. The largest absolute Gasteiger partial charge is 0.362 e. The monoisotopic (exact) mass is 270 g/mol. The lowest BCUT2D eigenvalue weighted by Crippen LogP contribution is -2.42. The van der Waals surface area contributed by atoms with E-state index >= 15 is 0 Å². The SMILES string of the molecule is CCCCCCNC(=S)NC(=O)C1CCCCC1. The lowest BCUT2D eigenvalue weighted by molar-refractivity contribution is -0.124. The van der Waals surface area contributed by atoms with Crippen LogP contribution in [0.1, 0.15) is 64.7 Å². The fraction of sp³-hybridized carbons (Fsp3) is 0.857. The van der Waals surface area contributed by atoms with E-state index in [1.54, 1.807) is 0 Å². The molecule has 1 saturated carbocycles. The minimum absolute atomic E-state index is 0.112. The number of thiocarbonyl (C=S) groups is 1. The van der Waals surface area contributed by atoms with Crippen LogP contribution in [0.25, 0.3) is 0 Å². The molecule has 1 amide bonds. The quantitative estimate of drug-likeness (QED) is 0.575. The van der Waals surface area contributed by atoms with Gasteiger partial charge in [0.25, 0.3) is 0 Å². The van der Waals surface area contributed by atoms with E-state index < -0.39 is 0 Å². The highest BCUT2D eigenvalue weighted by atomic mass is 32.1. The number of unbranched alkanes of at least 4 members (excludes halogenated alkanes) is 3. The molecule has 0 aromatic rings. The maximum absolute atomic E-state index is 11.9. The van der Waals surface area contributed by atoms with Gasteiger partial charge in [0.15, 0.2) is 5.11 Å². The van der Waals surface area contributed by atoms with E-state index in [0.29, 0.717) is 5.11 Å². The van der Waals surface area contributed by atoms with E-state index in [9.17, 15) is 4.79 Å².